The molecule has 0 heterocycles. The lowest BCUT2D eigenvalue weighted by molar-refractivity contribution is -0.0499. The molecule has 3 aromatic carbocycles. The van der Waals surface area contributed by atoms with Crippen LogP contribution in [-0.2, 0) is 10.1 Å². The molecule has 0 N–H and O–H groups in total. The van der Waals surface area contributed by atoms with Crippen molar-refractivity contribution in [3.8, 4) is 16.9 Å². The summed E-state index contributed by atoms with van der Waals surface area (Å²) in [6, 6.07) is 15.5. The van der Waals surface area contributed by atoms with Gasteiger partial charge in [-0.2, -0.15) is 21.6 Å². The van der Waals surface area contributed by atoms with Crippen molar-refractivity contribution in [3.63, 3.8) is 0 Å². The van der Waals surface area contributed by atoms with E-state index >= 15 is 0 Å². The molecule has 0 amide bonds. The van der Waals surface area contributed by atoms with Gasteiger partial charge in [-0.25, -0.2) is 0 Å². The second-order valence-electron chi connectivity index (χ2n) is 6.56. The molecule has 0 atom stereocenters. The summed E-state index contributed by atoms with van der Waals surface area (Å²) in [4.78, 5) is 1.81. The number of alkyl halides is 3. The minimum atomic E-state index is -5.79. The lowest BCUT2D eigenvalue weighted by Gasteiger charge is -2.22. The molecular formula is C20H18F3NO3S. The quantitative estimate of drug-likeness (QED) is 0.444. The fourth-order valence-corrected chi connectivity index (χ4v) is 3.47. The Balaban J connectivity index is 2.34. The second kappa shape index (κ2) is 7.01. The number of anilines is 1. The van der Waals surface area contributed by atoms with Gasteiger partial charge in [0.15, 0.2) is 5.75 Å². The van der Waals surface area contributed by atoms with Crippen molar-refractivity contribution in [1.82, 2.24) is 0 Å². The SMILES string of the molecule is Cc1ccc(OS(=O)(=O)C(F)(F)F)c(-c2c(N(C)C)ccc3ccccc23)c1. The number of hydrogen-bond acceptors (Lipinski definition) is 4. The van der Waals surface area contributed by atoms with Crippen molar-refractivity contribution in [2.24, 2.45) is 0 Å². The van der Waals surface area contributed by atoms with Crippen molar-refractivity contribution in [2.75, 3.05) is 19.0 Å². The van der Waals surface area contributed by atoms with E-state index < -0.39 is 15.6 Å². The van der Waals surface area contributed by atoms with E-state index in [0.717, 1.165) is 22.0 Å². The number of hydrogen-bond donors (Lipinski definition) is 0. The van der Waals surface area contributed by atoms with Crippen LogP contribution in [0.3, 0.4) is 0 Å². The molecule has 3 rings (SSSR count). The fraction of sp³-hybridized carbons (Fsp3) is 0.200. The van der Waals surface area contributed by atoms with E-state index in [1.54, 1.807) is 27.1 Å². The number of fused-ring (bicyclic) bond motifs is 1. The Morgan fingerprint density at radius 1 is 0.964 bits per heavy atom. The number of aryl methyl sites for hydroxylation is 1. The van der Waals surface area contributed by atoms with Crippen LogP contribution in [0.4, 0.5) is 18.9 Å². The molecule has 28 heavy (non-hydrogen) atoms. The summed E-state index contributed by atoms with van der Waals surface area (Å²) < 4.78 is 66.4. The molecule has 4 nitrogen and oxygen atoms in total. The lowest BCUT2D eigenvalue weighted by atomic mass is 9.94. The third-order valence-corrected chi connectivity index (χ3v) is 5.24. The van der Waals surface area contributed by atoms with Crippen LogP contribution in [0, 0.1) is 6.92 Å². The molecule has 0 aliphatic rings. The standard InChI is InChI=1S/C20H18F3NO3S/c1-13-8-11-18(27-28(25,26)20(21,22)23)16(12-13)19-15-7-5-4-6-14(15)9-10-17(19)24(2)3/h4-12H,1-3H3. The third kappa shape index (κ3) is 3.64. The molecule has 0 unspecified atom stereocenters. The van der Waals surface area contributed by atoms with Crippen LogP contribution >= 0.6 is 0 Å². The van der Waals surface area contributed by atoms with Crippen LogP contribution in [-0.4, -0.2) is 28.0 Å². The van der Waals surface area contributed by atoms with Gasteiger partial charge in [-0.3, -0.25) is 0 Å². The van der Waals surface area contributed by atoms with Gasteiger partial charge < -0.3 is 9.08 Å². The van der Waals surface area contributed by atoms with E-state index in [2.05, 4.69) is 4.18 Å². The highest BCUT2D eigenvalue weighted by atomic mass is 32.2. The van der Waals surface area contributed by atoms with Crippen LogP contribution in [0.1, 0.15) is 5.56 Å². The summed E-state index contributed by atoms with van der Waals surface area (Å²) in [5.74, 6) is -0.373. The number of halogens is 3. The van der Waals surface area contributed by atoms with Gasteiger partial charge in [0, 0.05) is 30.9 Å². The zero-order chi connectivity index (χ0) is 20.7. The first-order valence-corrected chi connectivity index (χ1v) is 9.73. The topological polar surface area (TPSA) is 46.6 Å². The molecule has 0 aromatic heterocycles. The Morgan fingerprint density at radius 2 is 1.64 bits per heavy atom. The molecule has 8 heteroatoms. The van der Waals surface area contributed by atoms with Crippen LogP contribution in [0.15, 0.2) is 54.6 Å². The van der Waals surface area contributed by atoms with Gasteiger partial charge in [-0.1, -0.05) is 42.0 Å². The largest absolute Gasteiger partial charge is 0.534 e. The first-order chi connectivity index (χ1) is 13.0. The molecule has 0 aliphatic carbocycles. The minimum Gasteiger partial charge on any atom is -0.377 e. The molecule has 0 saturated heterocycles. The fourth-order valence-electron chi connectivity index (χ4n) is 2.99. The number of benzene rings is 3. The monoisotopic (exact) mass is 409 g/mol. The van der Waals surface area contributed by atoms with E-state index in [4.69, 9.17) is 0 Å². The van der Waals surface area contributed by atoms with E-state index in [0.29, 0.717) is 5.56 Å². The van der Waals surface area contributed by atoms with Crippen LogP contribution in [0.2, 0.25) is 0 Å². The summed E-state index contributed by atoms with van der Waals surface area (Å²) in [5.41, 5.74) is -3.17. The first kappa shape index (κ1) is 20.0. The van der Waals surface area contributed by atoms with E-state index in [-0.39, 0.29) is 11.3 Å². The maximum atomic E-state index is 12.9. The Bertz CT molecular complexity index is 1140. The van der Waals surface area contributed by atoms with E-state index in [1.165, 1.54) is 12.1 Å². The summed E-state index contributed by atoms with van der Waals surface area (Å²) in [6.07, 6.45) is 0. The molecule has 3 aromatic rings. The normalized spacial score (nSPS) is 12.2. The van der Waals surface area contributed by atoms with Gasteiger partial charge in [0.05, 0.1) is 0 Å². The molecule has 0 spiro atoms. The highest BCUT2D eigenvalue weighted by Gasteiger charge is 2.48. The lowest BCUT2D eigenvalue weighted by Crippen LogP contribution is -2.28. The van der Waals surface area contributed by atoms with Gasteiger partial charge >= 0.3 is 15.6 Å². The van der Waals surface area contributed by atoms with Crippen molar-refractivity contribution in [2.45, 2.75) is 12.4 Å². The highest BCUT2D eigenvalue weighted by molar-refractivity contribution is 7.88. The first-order valence-electron chi connectivity index (χ1n) is 8.32. The van der Waals surface area contributed by atoms with Crippen molar-refractivity contribution in [1.29, 1.82) is 0 Å². The highest BCUT2D eigenvalue weighted by Crippen LogP contribution is 2.43. The van der Waals surface area contributed by atoms with Crippen LogP contribution < -0.4 is 9.08 Å². The Morgan fingerprint density at radius 3 is 2.29 bits per heavy atom. The van der Waals surface area contributed by atoms with Crippen LogP contribution in [0.5, 0.6) is 5.75 Å². The van der Waals surface area contributed by atoms with Gasteiger partial charge in [0.1, 0.15) is 0 Å². The average Bonchev–Trinajstić information content (AvgIpc) is 2.61. The van der Waals surface area contributed by atoms with Crippen LogP contribution in [0.25, 0.3) is 21.9 Å². The molecule has 0 fully saturated rings. The molecule has 0 bridgehead atoms. The Kier molecular flexibility index (Phi) is 5.01. The number of nitrogens with zero attached hydrogens (tertiary/aromatic N) is 1. The summed E-state index contributed by atoms with van der Waals surface area (Å²) >= 11 is 0. The number of rotatable bonds is 4. The predicted molar refractivity (Wildman–Crippen MR) is 104 cm³/mol. The average molecular weight is 409 g/mol. The molecular weight excluding hydrogens is 391 g/mol. The second-order valence-corrected chi connectivity index (χ2v) is 8.10. The summed E-state index contributed by atoms with van der Waals surface area (Å²) in [7, 11) is -2.19. The molecule has 0 radical (unpaired) electrons. The summed E-state index contributed by atoms with van der Waals surface area (Å²) in [6.45, 7) is 1.77. The van der Waals surface area contributed by atoms with Crippen molar-refractivity contribution >= 4 is 26.6 Å². The maximum absolute atomic E-state index is 12.9. The zero-order valence-electron chi connectivity index (χ0n) is 15.4. The van der Waals surface area contributed by atoms with Gasteiger partial charge in [-0.15, -0.1) is 0 Å². The van der Waals surface area contributed by atoms with E-state index in [9.17, 15) is 21.6 Å². The molecule has 0 saturated carbocycles. The van der Waals surface area contributed by atoms with Gasteiger partial charge in [0.2, 0.25) is 0 Å². The molecule has 148 valence electrons. The zero-order valence-corrected chi connectivity index (χ0v) is 16.2. The minimum absolute atomic E-state index is 0.272. The Hall–Kier alpha value is -2.74. The Labute approximate surface area is 161 Å². The van der Waals surface area contributed by atoms with Crippen molar-refractivity contribution < 1.29 is 25.8 Å². The van der Waals surface area contributed by atoms with Crippen molar-refractivity contribution in [3.05, 3.63) is 60.2 Å². The predicted octanol–water partition coefficient (Wildman–Crippen LogP) is 5.11. The maximum Gasteiger partial charge on any atom is 0.534 e. The summed E-state index contributed by atoms with van der Waals surface area (Å²) in [5, 5.41) is 1.64. The van der Waals surface area contributed by atoms with E-state index in [1.807, 2.05) is 41.3 Å². The molecule has 0 aliphatic heterocycles. The third-order valence-electron chi connectivity index (χ3n) is 4.28. The smallest absolute Gasteiger partial charge is 0.377 e. The van der Waals surface area contributed by atoms with Gasteiger partial charge in [0.25, 0.3) is 0 Å². The van der Waals surface area contributed by atoms with Gasteiger partial charge in [-0.05, 0) is 35.9 Å².